The van der Waals surface area contributed by atoms with E-state index in [9.17, 15) is 8.42 Å². The normalized spacial score (nSPS) is 11.6. The Hall–Kier alpha value is -1.11. The van der Waals surface area contributed by atoms with Gasteiger partial charge in [-0.25, -0.2) is 18.1 Å². The highest BCUT2D eigenvalue weighted by molar-refractivity contribution is 8.13. The Morgan fingerprint density at radius 1 is 1.38 bits per heavy atom. The lowest BCUT2D eigenvalue weighted by Gasteiger charge is -1.99. The third-order valence-corrected chi connectivity index (χ3v) is 3.33. The standard InChI is InChI=1S/C8H5Cl2N3O2S/c9-8-3-6(1-2-11-8)13-5-7(4-12-13)16(10,14)15/h1-5H. The fourth-order valence-electron chi connectivity index (χ4n) is 1.11. The zero-order chi connectivity index (χ0) is 11.8. The molecule has 0 aliphatic heterocycles. The summed E-state index contributed by atoms with van der Waals surface area (Å²) in [6.07, 6.45) is 3.96. The van der Waals surface area contributed by atoms with Crippen LogP contribution >= 0.6 is 22.3 Å². The molecule has 0 spiro atoms. The van der Waals surface area contributed by atoms with E-state index in [4.69, 9.17) is 22.3 Å². The molecule has 2 aromatic heterocycles. The van der Waals surface area contributed by atoms with Gasteiger partial charge >= 0.3 is 0 Å². The first-order valence-electron chi connectivity index (χ1n) is 4.08. The summed E-state index contributed by atoms with van der Waals surface area (Å²) in [5.74, 6) is 0. The average Bonchev–Trinajstić information content (AvgIpc) is 2.65. The number of hydrogen-bond acceptors (Lipinski definition) is 4. The lowest BCUT2D eigenvalue weighted by molar-refractivity contribution is 0.609. The molecule has 0 radical (unpaired) electrons. The van der Waals surface area contributed by atoms with Gasteiger partial charge in [-0.15, -0.1) is 0 Å². The van der Waals surface area contributed by atoms with Crippen LogP contribution in [0.5, 0.6) is 0 Å². The summed E-state index contributed by atoms with van der Waals surface area (Å²) in [6.45, 7) is 0. The monoisotopic (exact) mass is 277 g/mol. The molecule has 2 heterocycles. The van der Waals surface area contributed by atoms with Crippen molar-refractivity contribution >= 4 is 31.3 Å². The van der Waals surface area contributed by atoms with Crippen molar-refractivity contribution < 1.29 is 8.42 Å². The van der Waals surface area contributed by atoms with E-state index < -0.39 is 9.05 Å². The minimum absolute atomic E-state index is 0.0675. The van der Waals surface area contributed by atoms with Crippen molar-refractivity contribution in [3.8, 4) is 5.69 Å². The lowest BCUT2D eigenvalue weighted by Crippen LogP contribution is -1.94. The first-order valence-corrected chi connectivity index (χ1v) is 6.77. The minimum atomic E-state index is -3.76. The van der Waals surface area contributed by atoms with E-state index >= 15 is 0 Å². The first kappa shape index (κ1) is 11.4. The molecule has 84 valence electrons. The van der Waals surface area contributed by atoms with Crippen molar-refractivity contribution in [2.75, 3.05) is 0 Å². The van der Waals surface area contributed by atoms with Crippen LogP contribution in [0.1, 0.15) is 0 Å². The van der Waals surface area contributed by atoms with Gasteiger partial charge in [0, 0.05) is 22.9 Å². The minimum Gasteiger partial charge on any atom is -0.244 e. The molecule has 0 saturated carbocycles. The van der Waals surface area contributed by atoms with Gasteiger partial charge in [0.2, 0.25) is 0 Å². The van der Waals surface area contributed by atoms with Gasteiger partial charge in [-0.3, -0.25) is 0 Å². The Bertz CT molecular complexity index is 624. The van der Waals surface area contributed by atoms with E-state index in [2.05, 4.69) is 10.1 Å². The second kappa shape index (κ2) is 4.04. The van der Waals surface area contributed by atoms with Crippen LogP contribution in [-0.4, -0.2) is 23.2 Å². The molecule has 0 aliphatic carbocycles. The molecule has 0 amide bonds. The Morgan fingerprint density at radius 2 is 2.12 bits per heavy atom. The van der Waals surface area contributed by atoms with Gasteiger partial charge in [0.25, 0.3) is 9.05 Å². The van der Waals surface area contributed by atoms with Crippen molar-refractivity contribution in [2.45, 2.75) is 4.90 Å². The third-order valence-electron chi connectivity index (χ3n) is 1.82. The molecular weight excluding hydrogens is 273 g/mol. The van der Waals surface area contributed by atoms with E-state index in [0.717, 1.165) is 6.20 Å². The molecule has 0 bridgehead atoms. The van der Waals surface area contributed by atoms with Crippen LogP contribution < -0.4 is 0 Å². The quantitative estimate of drug-likeness (QED) is 0.621. The van der Waals surface area contributed by atoms with Crippen LogP contribution in [0, 0.1) is 0 Å². The molecular formula is C8H5Cl2N3O2S. The predicted molar refractivity (Wildman–Crippen MR) is 59.4 cm³/mol. The van der Waals surface area contributed by atoms with Gasteiger partial charge in [-0.2, -0.15) is 5.10 Å². The van der Waals surface area contributed by atoms with Crippen LogP contribution in [0.4, 0.5) is 0 Å². The number of halogens is 2. The average molecular weight is 278 g/mol. The van der Waals surface area contributed by atoms with Crippen LogP contribution in [0.25, 0.3) is 5.69 Å². The second-order valence-corrected chi connectivity index (χ2v) is 5.85. The maximum Gasteiger partial charge on any atom is 0.264 e. The summed E-state index contributed by atoms with van der Waals surface area (Å²) in [4.78, 5) is 3.73. The van der Waals surface area contributed by atoms with E-state index in [0.29, 0.717) is 10.8 Å². The maximum absolute atomic E-state index is 11.0. The van der Waals surface area contributed by atoms with Crippen LogP contribution in [0.2, 0.25) is 5.15 Å². The van der Waals surface area contributed by atoms with Crippen LogP contribution in [0.15, 0.2) is 35.6 Å². The number of hydrogen-bond donors (Lipinski definition) is 0. The van der Waals surface area contributed by atoms with Crippen molar-refractivity contribution in [2.24, 2.45) is 0 Å². The third kappa shape index (κ3) is 2.34. The topological polar surface area (TPSA) is 64.8 Å². The molecule has 0 saturated heterocycles. The highest BCUT2D eigenvalue weighted by Gasteiger charge is 2.13. The van der Waals surface area contributed by atoms with Gasteiger partial charge in [-0.1, -0.05) is 11.6 Å². The Balaban J connectivity index is 2.47. The lowest BCUT2D eigenvalue weighted by atomic mass is 10.4. The summed E-state index contributed by atoms with van der Waals surface area (Å²) in [5.41, 5.74) is 0.603. The molecule has 2 rings (SSSR count). The molecule has 0 aliphatic rings. The number of pyridine rings is 1. The molecule has 0 N–H and O–H groups in total. The Labute approximate surface area is 101 Å². The van der Waals surface area contributed by atoms with E-state index in [-0.39, 0.29) is 4.90 Å². The smallest absolute Gasteiger partial charge is 0.244 e. The first-order chi connectivity index (χ1) is 7.47. The van der Waals surface area contributed by atoms with Gasteiger partial charge in [0.1, 0.15) is 10.0 Å². The summed E-state index contributed by atoms with van der Waals surface area (Å²) in [5, 5.41) is 4.16. The largest absolute Gasteiger partial charge is 0.264 e. The van der Waals surface area contributed by atoms with Crippen molar-refractivity contribution in [1.82, 2.24) is 14.8 Å². The van der Waals surface area contributed by atoms with Gasteiger partial charge in [0.05, 0.1) is 18.1 Å². The summed E-state index contributed by atoms with van der Waals surface area (Å²) >= 11 is 5.69. The highest BCUT2D eigenvalue weighted by atomic mass is 35.7. The molecule has 2 aromatic rings. The summed E-state index contributed by atoms with van der Waals surface area (Å²) in [6, 6.07) is 3.20. The molecule has 5 nitrogen and oxygen atoms in total. The van der Waals surface area contributed by atoms with Crippen LogP contribution in [-0.2, 0) is 9.05 Å². The fraction of sp³-hybridized carbons (Fsp3) is 0. The van der Waals surface area contributed by atoms with Crippen LogP contribution in [0.3, 0.4) is 0 Å². The van der Waals surface area contributed by atoms with Gasteiger partial charge < -0.3 is 0 Å². The molecule has 8 heteroatoms. The summed E-state index contributed by atoms with van der Waals surface area (Å²) in [7, 11) is 1.41. The molecule has 16 heavy (non-hydrogen) atoms. The number of rotatable bonds is 2. The Kier molecular flexibility index (Phi) is 2.88. The van der Waals surface area contributed by atoms with Crippen molar-refractivity contribution in [3.63, 3.8) is 0 Å². The maximum atomic E-state index is 11.0. The van der Waals surface area contributed by atoms with E-state index in [1.807, 2.05) is 0 Å². The Morgan fingerprint density at radius 3 is 2.69 bits per heavy atom. The van der Waals surface area contributed by atoms with Crippen molar-refractivity contribution in [3.05, 3.63) is 35.9 Å². The van der Waals surface area contributed by atoms with Gasteiger partial charge in [0.15, 0.2) is 0 Å². The fourth-order valence-corrected chi connectivity index (χ4v) is 1.91. The molecule has 0 aromatic carbocycles. The zero-order valence-corrected chi connectivity index (χ0v) is 10.0. The van der Waals surface area contributed by atoms with E-state index in [1.165, 1.54) is 17.1 Å². The number of aromatic nitrogens is 3. The van der Waals surface area contributed by atoms with Crippen molar-refractivity contribution in [1.29, 1.82) is 0 Å². The second-order valence-electron chi connectivity index (χ2n) is 2.90. The highest BCUT2D eigenvalue weighted by Crippen LogP contribution is 2.17. The number of nitrogens with zero attached hydrogens (tertiary/aromatic N) is 3. The van der Waals surface area contributed by atoms with Gasteiger partial charge in [-0.05, 0) is 6.07 Å². The predicted octanol–water partition coefficient (Wildman–Crippen LogP) is 1.85. The SMILES string of the molecule is O=S(=O)(Cl)c1cnn(-c2ccnc(Cl)c2)c1. The molecule has 0 atom stereocenters. The van der Waals surface area contributed by atoms with E-state index in [1.54, 1.807) is 12.1 Å². The molecule has 0 unspecified atom stereocenters. The molecule has 0 fully saturated rings. The zero-order valence-electron chi connectivity index (χ0n) is 7.71. The summed E-state index contributed by atoms with van der Waals surface area (Å²) < 4.78 is 23.4.